The Morgan fingerprint density at radius 1 is 1.40 bits per heavy atom. The highest BCUT2D eigenvalue weighted by atomic mass is 16.4. The van der Waals surface area contributed by atoms with Crippen LogP contribution in [0.4, 0.5) is 0 Å². The minimum Gasteiger partial charge on any atom is -0.507 e. The molecule has 4 N–H and O–H groups in total. The van der Waals surface area contributed by atoms with Crippen molar-refractivity contribution in [1.82, 2.24) is 4.90 Å². The molecule has 1 amide bonds. The number of likely N-dealkylation sites (tertiary alicyclic amines) is 1. The molecule has 1 saturated heterocycles. The number of benzene rings is 1. The number of carbonyl (C=O) groups excluding carboxylic acids is 1. The minimum absolute atomic E-state index is 0.000780. The van der Waals surface area contributed by atoms with Crippen LogP contribution in [0.1, 0.15) is 28.8 Å². The van der Waals surface area contributed by atoms with Crippen molar-refractivity contribution in [3.8, 4) is 5.75 Å². The number of aryl methyl sites for hydroxylation is 1. The second kappa shape index (κ2) is 5.81. The van der Waals surface area contributed by atoms with E-state index in [1.807, 2.05) is 6.92 Å². The van der Waals surface area contributed by atoms with Gasteiger partial charge in [0, 0.05) is 19.0 Å². The van der Waals surface area contributed by atoms with Gasteiger partial charge in [-0.05, 0) is 31.9 Å². The first-order valence-electron chi connectivity index (χ1n) is 6.59. The smallest absolute Gasteiger partial charge is 0.257 e. The van der Waals surface area contributed by atoms with Gasteiger partial charge in [-0.25, -0.2) is 0 Å². The molecule has 0 unspecified atom stereocenters. The molecule has 0 spiro atoms. The van der Waals surface area contributed by atoms with Crippen LogP contribution in [0.3, 0.4) is 0 Å². The molecule has 108 valence electrons. The highest BCUT2D eigenvalue weighted by Crippen LogP contribution is 2.24. The molecule has 0 atom stereocenters. The highest BCUT2D eigenvalue weighted by Gasteiger charge is 2.27. The molecule has 0 aromatic heterocycles. The first-order chi connectivity index (χ1) is 9.52. The number of piperidine rings is 1. The Kier molecular flexibility index (Phi) is 4.12. The molecule has 2 rings (SSSR count). The third-order valence-electron chi connectivity index (χ3n) is 3.70. The zero-order chi connectivity index (χ0) is 14.7. The number of phenols is 1. The van der Waals surface area contributed by atoms with Gasteiger partial charge in [0.15, 0.2) is 0 Å². The average molecular weight is 277 g/mol. The zero-order valence-corrected chi connectivity index (χ0v) is 11.4. The third-order valence-corrected chi connectivity index (χ3v) is 3.70. The standard InChI is InChI=1S/C14H19N3O3/c1-9-2-3-12(18)11(8-9)14(19)17-6-4-10(5-7-17)13(15)16-20/h2-3,8,10,18,20H,4-7H2,1H3,(H2,15,16). The summed E-state index contributed by atoms with van der Waals surface area (Å²) in [5.41, 5.74) is 6.84. The van der Waals surface area contributed by atoms with Crippen molar-refractivity contribution in [2.45, 2.75) is 19.8 Å². The highest BCUT2D eigenvalue weighted by molar-refractivity contribution is 5.97. The Morgan fingerprint density at radius 3 is 2.65 bits per heavy atom. The van der Waals surface area contributed by atoms with Crippen molar-refractivity contribution in [2.24, 2.45) is 16.8 Å². The summed E-state index contributed by atoms with van der Waals surface area (Å²) < 4.78 is 0. The van der Waals surface area contributed by atoms with Gasteiger partial charge in [0.25, 0.3) is 5.91 Å². The van der Waals surface area contributed by atoms with Gasteiger partial charge in [-0.3, -0.25) is 4.79 Å². The molecule has 6 nitrogen and oxygen atoms in total. The maximum atomic E-state index is 12.4. The van der Waals surface area contributed by atoms with Crippen molar-refractivity contribution in [2.75, 3.05) is 13.1 Å². The van der Waals surface area contributed by atoms with E-state index in [1.165, 1.54) is 6.07 Å². The van der Waals surface area contributed by atoms with E-state index in [0.717, 1.165) is 5.56 Å². The number of nitrogens with zero attached hydrogens (tertiary/aromatic N) is 2. The van der Waals surface area contributed by atoms with Crippen LogP contribution in [0, 0.1) is 12.8 Å². The Bertz CT molecular complexity index is 534. The lowest BCUT2D eigenvalue weighted by atomic mass is 9.95. The van der Waals surface area contributed by atoms with Gasteiger partial charge in [-0.1, -0.05) is 16.8 Å². The fourth-order valence-electron chi connectivity index (χ4n) is 2.45. The summed E-state index contributed by atoms with van der Waals surface area (Å²) in [6, 6.07) is 4.98. The van der Waals surface area contributed by atoms with E-state index in [2.05, 4.69) is 5.16 Å². The summed E-state index contributed by atoms with van der Waals surface area (Å²) in [5.74, 6) is 0.0500. The number of nitrogens with two attached hydrogens (primary N) is 1. The molecule has 0 aliphatic carbocycles. The summed E-state index contributed by atoms with van der Waals surface area (Å²) in [7, 11) is 0. The molecule has 1 aliphatic rings. The number of rotatable bonds is 2. The second-order valence-electron chi connectivity index (χ2n) is 5.11. The lowest BCUT2D eigenvalue weighted by Crippen LogP contribution is -2.41. The molecule has 1 aliphatic heterocycles. The normalized spacial score (nSPS) is 17.2. The summed E-state index contributed by atoms with van der Waals surface area (Å²) in [6.45, 7) is 2.95. The number of hydrogen-bond donors (Lipinski definition) is 3. The largest absolute Gasteiger partial charge is 0.507 e. The Morgan fingerprint density at radius 2 is 2.05 bits per heavy atom. The SMILES string of the molecule is Cc1ccc(O)c(C(=O)N2CCC(C(N)=NO)CC2)c1. The van der Waals surface area contributed by atoms with Crippen LogP contribution in [0.5, 0.6) is 5.75 Å². The molecule has 1 aromatic rings. The summed E-state index contributed by atoms with van der Waals surface area (Å²) in [6.07, 6.45) is 1.32. The average Bonchev–Trinajstić information content (AvgIpc) is 2.48. The van der Waals surface area contributed by atoms with Crippen LogP contribution in [0.15, 0.2) is 23.4 Å². The number of oxime groups is 1. The molecule has 0 saturated carbocycles. The maximum Gasteiger partial charge on any atom is 0.257 e. The topological polar surface area (TPSA) is 99.2 Å². The number of aromatic hydroxyl groups is 1. The van der Waals surface area contributed by atoms with Crippen LogP contribution in [-0.2, 0) is 0 Å². The van der Waals surface area contributed by atoms with Gasteiger partial charge in [0.2, 0.25) is 0 Å². The van der Waals surface area contributed by atoms with E-state index in [1.54, 1.807) is 17.0 Å². The molecule has 1 aromatic carbocycles. The van der Waals surface area contributed by atoms with Gasteiger partial charge in [-0.15, -0.1) is 0 Å². The van der Waals surface area contributed by atoms with Crippen molar-refractivity contribution >= 4 is 11.7 Å². The number of hydrogen-bond acceptors (Lipinski definition) is 4. The number of carbonyl (C=O) groups is 1. The predicted molar refractivity (Wildman–Crippen MR) is 74.9 cm³/mol. The Labute approximate surface area is 117 Å². The number of phenolic OH excluding ortho intramolecular Hbond substituents is 1. The van der Waals surface area contributed by atoms with E-state index in [4.69, 9.17) is 10.9 Å². The first kappa shape index (κ1) is 14.2. The van der Waals surface area contributed by atoms with Crippen LogP contribution < -0.4 is 5.73 Å². The number of amidine groups is 1. The molecule has 20 heavy (non-hydrogen) atoms. The Balaban J connectivity index is 2.07. The molecule has 1 heterocycles. The first-order valence-corrected chi connectivity index (χ1v) is 6.59. The molecular weight excluding hydrogens is 258 g/mol. The van der Waals surface area contributed by atoms with Crippen LogP contribution in [-0.4, -0.2) is 40.0 Å². The summed E-state index contributed by atoms with van der Waals surface area (Å²) >= 11 is 0. The van der Waals surface area contributed by atoms with Gasteiger partial charge in [-0.2, -0.15) is 0 Å². The molecule has 6 heteroatoms. The lowest BCUT2D eigenvalue weighted by Gasteiger charge is -2.31. The summed E-state index contributed by atoms with van der Waals surface area (Å²) in [4.78, 5) is 14.1. The molecule has 0 bridgehead atoms. The van der Waals surface area contributed by atoms with Gasteiger partial charge in [0.1, 0.15) is 11.6 Å². The molecular formula is C14H19N3O3. The van der Waals surface area contributed by atoms with Gasteiger partial charge in [0.05, 0.1) is 5.56 Å². The van der Waals surface area contributed by atoms with Crippen LogP contribution in [0.2, 0.25) is 0 Å². The third kappa shape index (κ3) is 2.84. The predicted octanol–water partition coefficient (Wildman–Crippen LogP) is 1.30. The quantitative estimate of drug-likeness (QED) is 0.328. The number of amides is 1. The van der Waals surface area contributed by atoms with Crippen LogP contribution >= 0.6 is 0 Å². The van der Waals surface area contributed by atoms with Crippen LogP contribution in [0.25, 0.3) is 0 Å². The minimum atomic E-state index is -0.177. The zero-order valence-electron chi connectivity index (χ0n) is 11.4. The fraction of sp³-hybridized carbons (Fsp3) is 0.429. The monoisotopic (exact) mass is 277 g/mol. The van der Waals surface area contributed by atoms with E-state index < -0.39 is 0 Å². The van der Waals surface area contributed by atoms with E-state index in [9.17, 15) is 9.90 Å². The van der Waals surface area contributed by atoms with E-state index in [-0.39, 0.29) is 23.4 Å². The Hall–Kier alpha value is -2.24. The van der Waals surface area contributed by atoms with E-state index >= 15 is 0 Å². The van der Waals surface area contributed by atoms with Crippen molar-refractivity contribution in [3.05, 3.63) is 29.3 Å². The fourth-order valence-corrected chi connectivity index (χ4v) is 2.45. The molecule has 0 radical (unpaired) electrons. The van der Waals surface area contributed by atoms with E-state index in [0.29, 0.717) is 31.5 Å². The molecule has 1 fully saturated rings. The maximum absolute atomic E-state index is 12.4. The van der Waals surface area contributed by atoms with Gasteiger partial charge < -0.3 is 20.9 Å². The lowest BCUT2D eigenvalue weighted by molar-refractivity contribution is 0.0706. The van der Waals surface area contributed by atoms with Crippen molar-refractivity contribution in [1.29, 1.82) is 0 Å². The van der Waals surface area contributed by atoms with Crippen molar-refractivity contribution in [3.63, 3.8) is 0 Å². The second-order valence-corrected chi connectivity index (χ2v) is 5.11. The van der Waals surface area contributed by atoms with Crippen molar-refractivity contribution < 1.29 is 15.1 Å². The summed E-state index contributed by atoms with van der Waals surface area (Å²) in [5, 5.41) is 21.5. The van der Waals surface area contributed by atoms with Gasteiger partial charge >= 0.3 is 0 Å².